The minimum absolute atomic E-state index is 0.115. The molecule has 0 aromatic heterocycles. The minimum Gasteiger partial charge on any atom is -0.462 e. The van der Waals surface area contributed by atoms with E-state index in [-0.39, 0.29) is 11.4 Å². The maximum atomic E-state index is 11.9. The molecule has 0 aromatic carbocycles. The number of esters is 1. The van der Waals surface area contributed by atoms with Gasteiger partial charge in [0.15, 0.2) is 12.6 Å². The Labute approximate surface area is 128 Å². The average molecular weight is 298 g/mol. The Morgan fingerprint density at radius 2 is 1.95 bits per heavy atom. The van der Waals surface area contributed by atoms with Gasteiger partial charge < -0.3 is 14.2 Å². The Hall–Kier alpha value is -0.870. The predicted octanol–water partition coefficient (Wildman–Crippen LogP) is 4.19. The van der Waals surface area contributed by atoms with Crippen LogP contribution in [0.25, 0.3) is 0 Å². The highest BCUT2D eigenvalue weighted by Gasteiger charge is 2.43. The van der Waals surface area contributed by atoms with Crippen LogP contribution in [0.3, 0.4) is 0 Å². The molecule has 0 aliphatic carbocycles. The molecule has 0 saturated carbocycles. The molecule has 122 valence electrons. The van der Waals surface area contributed by atoms with Gasteiger partial charge in [-0.3, -0.25) is 0 Å². The molecule has 1 aliphatic heterocycles. The van der Waals surface area contributed by atoms with Gasteiger partial charge in [0, 0.05) is 18.4 Å². The summed E-state index contributed by atoms with van der Waals surface area (Å²) in [5, 5.41) is 0. The highest BCUT2D eigenvalue weighted by molar-refractivity contribution is 5.87. The molecule has 1 aliphatic rings. The van der Waals surface area contributed by atoms with Gasteiger partial charge in [0.25, 0.3) is 0 Å². The topological polar surface area (TPSA) is 44.8 Å². The molecule has 4 heteroatoms. The Morgan fingerprint density at radius 1 is 1.29 bits per heavy atom. The quantitative estimate of drug-likeness (QED) is 0.344. The third-order valence-corrected chi connectivity index (χ3v) is 3.73. The fraction of sp³-hybridized carbons (Fsp3) is 0.824. The van der Waals surface area contributed by atoms with Gasteiger partial charge in [0.1, 0.15) is 0 Å². The molecule has 1 rings (SSSR count). The molecule has 4 nitrogen and oxygen atoms in total. The minimum atomic E-state index is -0.468. The van der Waals surface area contributed by atoms with Crippen LogP contribution in [-0.2, 0) is 19.0 Å². The zero-order valence-electron chi connectivity index (χ0n) is 14.0. The zero-order chi connectivity index (χ0) is 15.9. The summed E-state index contributed by atoms with van der Waals surface area (Å²) in [5.41, 5.74) is 0.415. The first-order valence-corrected chi connectivity index (χ1v) is 7.97. The SMILES string of the molecule is C=C(CC(C)(C)CC1(CCC)OCO1)C(=O)OCCCC. The van der Waals surface area contributed by atoms with Crippen molar-refractivity contribution in [2.45, 2.75) is 72.0 Å². The van der Waals surface area contributed by atoms with Crippen LogP contribution in [0.1, 0.15) is 66.2 Å². The van der Waals surface area contributed by atoms with Crippen LogP contribution >= 0.6 is 0 Å². The average Bonchev–Trinajstić information content (AvgIpc) is 2.35. The Kier molecular flexibility index (Phi) is 6.88. The first kappa shape index (κ1) is 18.2. The van der Waals surface area contributed by atoms with E-state index in [1.807, 2.05) is 0 Å². The second-order valence-electron chi connectivity index (χ2n) is 6.68. The van der Waals surface area contributed by atoms with Gasteiger partial charge in [-0.25, -0.2) is 4.79 Å². The summed E-state index contributed by atoms with van der Waals surface area (Å²) in [5.74, 6) is -0.749. The number of unbranched alkanes of at least 4 members (excludes halogenated alkanes) is 1. The van der Waals surface area contributed by atoms with Gasteiger partial charge in [0.05, 0.1) is 6.61 Å². The van der Waals surface area contributed by atoms with Crippen molar-refractivity contribution in [2.24, 2.45) is 5.41 Å². The molecule has 1 heterocycles. The molecule has 0 amide bonds. The molecule has 1 fully saturated rings. The lowest BCUT2D eigenvalue weighted by atomic mass is 9.78. The van der Waals surface area contributed by atoms with Gasteiger partial charge in [-0.15, -0.1) is 0 Å². The fourth-order valence-electron chi connectivity index (χ4n) is 2.79. The van der Waals surface area contributed by atoms with Crippen molar-refractivity contribution >= 4 is 5.97 Å². The predicted molar refractivity (Wildman–Crippen MR) is 82.7 cm³/mol. The van der Waals surface area contributed by atoms with Crippen LogP contribution in [0.4, 0.5) is 0 Å². The van der Waals surface area contributed by atoms with E-state index in [1.54, 1.807) is 0 Å². The molecule has 0 atom stereocenters. The molecular weight excluding hydrogens is 268 g/mol. The first-order valence-electron chi connectivity index (χ1n) is 7.97. The summed E-state index contributed by atoms with van der Waals surface area (Å²) >= 11 is 0. The van der Waals surface area contributed by atoms with Crippen LogP contribution in [0.2, 0.25) is 0 Å². The molecule has 0 N–H and O–H groups in total. The lowest BCUT2D eigenvalue weighted by Crippen LogP contribution is -2.49. The van der Waals surface area contributed by atoms with E-state index < -0.39 is 5.79 Å². The third-order valence-electron chi connectivity index (χ3n) is 3.73. The maximum absolute atomic E-state index is 11.9. The maximum Gasteiger partial charge on any atom is 0.333 e. The van der Waals surface area contributed by atoms with Crippen molar-refractivity contribution in [2.75, 3.05) is 13.4 Å². The molecule has 0 spiro atoms. The van der Waals surface area contributed by atoms with E-state index in [1.165, 1.54) is 0 Å². The van der Waals surface area contributed by atoms with Crippen LogP contribution in [-0.4, -0.2) is 25.2 Å². The monoisotopic (exact) mass is 298 g/mol. The van der Waals surface area contributed by atoms with Crippen molar-refractivity contribution in [3.05, 3.63) is 12.2 Å². The largest absolute Gasteiger partial charge is 0.462 e. The second-order valence-corrected chi connectivity index (χ2v) is 6.68. The molecule has 0 aromatic rings. The van der Waals surface area contributed by atoms with Gasteiger partial charge in [0.2, 0.25) is 0 Å². The molecule has 0 radical (unpaired) electrons. The second kappa shape index (κ2) is 7.95. The van der Waals surface area contributed by atoms with E-state index in [4.69, 9.17) is 14.2 Å². The lowest BCUT2D eigenvalue weighted by molar-refractivity contribution is -0.408. The van der Waals surface area contributed by atoms with Crippen LogP contribution in [0.15, 0.2) is 12.2 Å². The molecule has 1 saturated heterocycles. The lowest BCUT2D eigenvalue weighted by Gasteiger charge is -2.46. The van der Waals surface area contributed by atoms with Crippen molar-refractivity contribution in [1.82, 2.24) is 0 Å². The number of hydrogen-bond donors (Lipinski definition) is 0. The van der Waals surface area contributed by atoms with Gasteiger partial charge >= 0.3 is 5.97 Å². The van der Waals surface area contributed by atoms with Gasteiger partial charge in [-0.05, 0) is 18.3 Å². The van der Waals surface area contributed by atoms with E-state index in [0.717, 1.165) is 32.1 Å². The number of hydrogen-bond acceptors (Lipinski definition) is 4. The van der Waals surface area contributed by atoms with Crippen molar-refractivity contribution < 1.29 is 19.0 Å². The third kappa shape index (κ3) is 5.79. The van der Waals surface area contributed by atoms with Crippen LogP contribution in [0, 0.1) is 5.41 Å². The summed E-state index contributed by atoms with van der Waals surface area (Å²) in [7, 11) is 0. The number of carbonyl (C=O) groups excluding carboxylic acids is 1. The normalized spacial score (nSPS) is 17.1. The Bertz CT molecular complexity index is 356. The highest BCUT2D eigenvalue weighted by atomic mass is 16.9. The molecule has 0 bridgehead atoms. The highest BCUT2D eigenvalue weighted by Crippen LogP contribution is 2.42. The molecule has 21 heavy (non-hydrogen) atoms. The van der Waals surface area contributed by atoms with E-state index in [2.05, 4.69) is 34.3 Å². The van der Waals surface area contributed by atoms with Gasteiger partial charge in [-0.2, -0.15) is 0 Å². The van der Waals surface area contributed by atoms with Crippen LogP contribution in [0.5, 0.6) is 0 Å². The summed E-state index contributed by atoms with van der Waals surface area (Å²) in [6.07, 6.45) is 5.15. The van der Waals surface area contributed by atoms with Crippen molar-refractivity contribution in [3.63, 3.8) is 0 Å². The van der Waals surface area contributed by atoms with Crippen molar-refractivity contribution in [3.8, 4) is 0 Å². The zero-order valence-corrected chi connectivity index (χ0v) is 14.0. The number of carbonyl (C=O) groups is 1. The standard InChI is InChI=1S/C17H30O4/c1-6-8-10-19-15(18)14(3)11-16(4,5)12-17(9-7-2)20-13-21-17/h3,6-13H2,1-2,4-5H3. The summed E-state index contributed by atoms with van der Waals surface area (Å²) in [4.78, 5) is 11.9. The van der Waals surface area contributed by atoms with Crippen LogP contribution < -0.4 is 0 Å². The van der Waals surface area contributed by atoms with Crippen molar-refractivity contribution in [1.29, 1.82) is 0 Å². The number of rotatable bonds is 10. The van der Waals surface area contributed by atoms with Gasteiger partial charge in [-0.1, -0.05) is 47.1 Å². The summed E-state index contributed by atoms with van der Waals surface area (Å²) in [6, 6.07) is 0. The Morgan fingerprint density at radius 3 is 2.43 bits per heavy atom. The molecule has 0 unspecified atom stereocenters. The Balaban J connectivity index is 2.47. The summed E-state index contributed by atoms with van der Waals surface area (Å²) < 4.78 is 16.5. The summed E-state index contributed by atoms with van der Waals surface area (Å²) in [6.45, 7) is 13.1. The first-order chi connectivity index (χ1) is 9.84. The van der Waals surface area contributed by atoms with E-state index >= 15 is 0 Å². The van der Waals surface area contributed by atoms with E-state index in [0.29, 0.717) is 25.4 Å². The smallest absolute Gasteiger partial charge is 0.333 e. The fourth-order valence-corrected chi connectivity index (χ4v) is 2.79. The number of ether oxygens (including phenoxy) is 3. The van der Waals surface area contributed by atoms with E-state index in [9.17, 15) is 4.79 Å². The molecular formula is C17H30O4.